The third-order valence-electron chi connectivity index (χ3n) is 8.38. The van der Waals surface area contributed by atoms with Gasteiger partial charge in [0, 0.05) is 12.1 Å². The first-order chi connectivity index (χ1) is 18.2. The van der Waals surface area contributed by atoms with Gasteiger partial charge < -0.3 is 25.4 Å². The highest BCUT2D eigenvalue weighted by Gasteiger charge is 2.75. The number of carbonyl (C=O) groups excluding carboxylic acids is 3. The van der Waals surface area contributed by atoms with Gasteiger partial charge >= 0.3 is 0 Å². The summed E-state index contributed by atoms with van der Waals surface area (Å²) in [6, 6.07) is 8.22. The molecule has 3 aliphatic heterocycles. The number of hydrogen-bond donors (Lipinski definition) is 3. The molecule has 0 saturated carbocycles. The summed E-state index contributed by atoms with van der Waals surface area (Å²) in [5.74, 6) is -1.97. The fraction of sp³-hybridized carbons (Fsp3) is 0.710. The Balaban J connectivity index is 1.66. The summed E-state index contributed by atoms with van der Waals surface area (Å²) < 4.78 is 6.55. The van der Waals surface area contributed by atoms with Gasteiger partial charge in [0.05, 0.1) is 30.6 Å². The van der Waals surface area contributed by atoms with Gasteiger partial charge in [-0.25, -0.2) is 0 Å². The van der Waals surface area contributed by atoms with Crippen molar-refractivity contribution in [2.24, 2.45) is 23.2 Å². The molecule has 0 radical (unpaired) electrons. The van der Waals surface area contributed by atoms with Gasteiger partial charge in [-0.05, 0) is 56.4 Å². The molecule has 3 fully saturated rings. The average molecular weight is 542 g/mol. The van der Waals surface area contributed by atoms with E-state index in [4.69, 9.17) is 4.74 Å². The maximum atomic E-state index is 14.2. The fourth-order valence-corrected chi connectivity index (χ4v) is 7.58. The van der Waals surface area contributed by atoms with E-state index in [0.29, 0.717) is 25.8 Å². The van der Waals surface area contributed by atoms with Crippen LogP contribution in [0.1, 0.15) is 79.7 Å². The Kier molecular flexibility index (Phi) is 8.21. The Morgan fingerprint density at radius 3 is 2.38 bits per heavy atom. The van der Waals surface area contributed by atoms with Crippen molar-refractivity contribution in [1.29, 1.82) is 0 Å². The number of amides is 3. The lowest BCUT2D eigenvalue weighted by Gasteiger charge is -2.40. The van der Waals surface area contributed by atoms with Gasteiger partial charge in [-0.2, -0.15) is 0 Å². The smallest absolute Gasteiger partial charge is 0.246 e. The maximum Gasteiger partial charge on any atom is 0.246 e. The molecule has 8 nitrogen and oxygen atoms in total. The van der Waals surface area contributed by atoms with E-state index in [2.05, 4.69) is 31.4 Å². The van der Waals surface area contributed by atoms with Crippen LogP contribution in [0, 0.1) is 23.2 Å². The predicted octanol–water partition coefficient (Wildman–Crippen LogP) is 3.42. The normalized spacial score (nSPS) is 29.1. The van der Waals surface area contributed by atoms with Crippen molar-refractivity contribution < 1.29 is 24.2 Å². The summed E-state index contributed by atoms with van der Waals surface area (Å²) >= 11 is 0. The highest BCUT2D eigenvalue weighted by atomic mass is 16.5. The second kappa shape index (κ2) is 10.8. The Morgan fingerprint density at radius 1 is 1.13 bits per heavy atom. The molecule has 1 spiro atoms. The Hall–Kier alpha value is -2.45. The zero-order valence-electron chi connectivity index (χ0n) is 24.6. The minimum atomic E-state index is -1.08. The fourth-order valence-electron chi connectivity index (χ4n) is 7.58. The molecule has 2 bridgehead atoms. The monoisotopic (exact) mass is 541 g/mol. The van der Waals surface area contributed by atoms with Crippen LogP contribution in [0.3, 0.4) is 0 Å². The van der Waals surface area contributed by atoms with Gasteiger partial charge in [0.2, 0.25) is 17.7 Å². The van der Waals surface area contributed by atoms with Crippen molar-refractivity contribution >= 4 is 17.7 Å². The van der Waals surface area contributed by atoms with Crippen LogP contribution in [-0.4, -0.2) is 63.7 Å². The predicted molar refractivity (Wildman–Crippen MR) is 149 cm³/mol. The number of fused-ring (bicyclic) bond motifs is 1. The molecule has 0 aliphatic carbocycles. The van der Waals surface area contributed by atoms with Crippen LogP contribution in [0.15, 0.2) is 30.3 Å². The van der Waals surface area contributed by atoms with E-state index in [0.717, 1.165) is 12.0 Å². The first-order valence-electron chi connectivity index (χ1n) is 14.4. The van der Waals surface area contributed by atoms with Crippen LogP contribution in [-0.2, 0) is 25.7 Å². The van der Waals surface area contributed by atoms with Crippen LogP contribution < -0.4 is 10.6 Å². The molecule has 1 aromatic carbocycles. The molecule has 216 valence electrons. The number of rotatable bonds is 10. The SMILES string of the molecule is CC(C)C[C@H](CO)N1C(=O)[C@@H]2[C@H](C(=O)NCc3ccccc3)[C@@H]3CCC2(O3)C1C(=O)NC(C)(C)CC(C)(C)C. The van der Waals surface area contributed by atoms with E-state index in [1.54, 1.807) is 4.90 Å². The Morgan fingerprint density at radius 2 is 1.79 bits per heavy atom. The Labute approximate surface area is 233 Å². The van der Waals surface area contributed by atoms with E-state index < -0.39 is 41.2 Å². The van der Waals surface area contributed by atoms with Crippen molar-refractivity contribution in [3.63, 3.8) is 0 Å². The molecule has 2 unspecified atom stereocenters. The first-order valence-corrected chi connectivity index (χ1v) is 14.4. The molecule has 39 heavy (non-hydrogen) atoms. The van der Waals surface area contributed by atoms with Crippen LogP contribution >= 0.6 is 0 Å². The zero-order valence-corrected chi connectivity index (χ0v) is 24.6. The quantitative estimate of drug-likeness (QED) is 0.421. The molecule has 1 aromatic rings. The number of aliphatic hydroxyl groups excluding tert-OH is 1. The highest BCUT2D eigenvalue weighted by Crippen LogP contribution is 2.59. The molecule has 0 aromatic heterocycles. The number of likely N-dealkylation sites (tertiary alicyclic amines) is 1. The lowest BCUT2D eigenvalue weighted by molar-refractivity contribution is -0.146. The van der Waals surface area contributed by atoms with Gasteiger partial charge in [-0.15, -0.1) is 0 Å². The van der Waals surface area contributed by atoms with Crippen LogP contribution in [0.2, 0.25) is 0 Å². The molecular formula is C31H47N3O5. The maximum absolute atomic E-state index is 14.2. The third-order valence-corrected chi connectivity index (χ3v) is 8.38. The number of hydrogen-bond acceptors (Lipinski definition) is 5. The van der Waals surface area contributed by atoms with E-state index in [9.17, 15) is 19.5 Å². The molecule has 6 atom stereocenters. The molecule has 3 N–H and O–H groups in total. The van der Waals surface area contributed by atoms with Crippen LogP contribution in [0.5, 0.6) is 0 Å². The summed E-state index contributed by atoms with van der Waals surface area (Å²) in [5, 5.41) is 16.6. The largest absolute Gasteiger partial charge is 0.394 e. The first kappa shape index (κ1) is 29.5. The Bertz CT molecular complexity index is 1070. The van der Waals surface area contributed by atoms with E-state index >= 15 is 0 Å². The summed E-state index contributed by atoms with van der Waals surface area (Å²) in [6.07, 6.45) is 2.03. The van der Waals surface area contributed by atoms with E-state index in [-0.39, 0.29) is 35.7 Å². The molecular weight excluding hydrogens is 494 g/mol. The minimum Gasteiger partial charge on any atom is -0.394 e. The second-order valence-corrected chi connectivity index (χ2v) is 14.1. The van der Waals surface area contributed by atoms with Gasteiger partial charge in [-0.1, -0.05) is 65.0 Å². The molecule has 4 rings (SSSR count). The molecule has 3 aliphatic rings. The number of aliphatic hydroxyl groups is 1. The molecule has 3 saturated heterocycles. The highest BCUT2D eigenvalue weighted by molar-refractivity contribution is 5.99. The standard InChI is InChI=1S/C31H47N3O5/c1-19(2)15-21(17-35)34-25(27(37)33-30(6,7)18-29(3,4)5)31-14-13-22(39-31)23(24(31)28(34)38)26(36)32-16-20-11-9-8-10-12-20/h8-12,19,21-25,35H,13-18H2,1-7H3,(H,32,36)(H,33,37)/t21-,22+,23-,24+,25?,31?/m1/s1. The summed E-state index contributed by atoms with van der Waals surface area (Å²) in [6.45, 7) is 14.6. The zero-order chi connectivity index (χ0) is 28.8. The number of nitrogens with one attached hydrogen (secondary N) is 2. The minimum absolute atomic E-state index is 0.0156. The van der Waals surface area contributed by atoms with Gasteiger partial charge in [-0.3, -0.25) is 14.4 Å². The number of carbonyl (C=O) groups is 3. The van der Waals surface area contributed by atoms with Crippen molar-refractivity contribution in [2.75, 3.05) is 6.61 Å². The molecule has 8 heteroatoms. The lowest BCUT2D eigenvalue weighted by Crippen LogP contribution is -2.61. The van der Waals surface area contributed by atoms with Crippen molar-refractivity contribution in [3.8, 4) is 0 Å². The summed E-state index contributed by atoms with van der Waals surface area (Å²) in [7, 11) is 0. The molecule has 3 heterocycles. The van der Waals surface area contributed by atoms with Crippen molar-refractivity contribution in [1.82, 2.24) is 15.5 Å². The summed E-state index contributed by atoms with van der Waals surface area (Å²) in [4.78, 5) is 43.5. The lowest BCUT2D eigenvalue weighted by atomic mass is 9.70. The van der Waals surface area contributed by atoms with Gasteiger partial charge in [0.15, 0.2) is 0 Å². The molecule has 3 amide bonds. The van der Waals surface area contributed by atoms with Gasteiger partial charge in [0.25, 0.3) is 0 Å². The van der Waals surface area contributed by atoms with Crippen molar-refractivity contribution in [2.45, 2.75) is 110 Å². The average Bonchev–Trinajstić information content (AvgIpc) is 3.47. The summed E-state index contributed by atoms with van der Waals surface area (Å²) in [5.41, 5.74) is -0.643. The number of nitrogens with zero attached hydrogens (tertiary/aromatic N) is 1. The number of benzene rings is 1. The third kappa shape index (κ3) is 5.87. The number of ether oxygens (including phenoxy) is 1. The van der Waals surface area contributed by atoms with E-state index in [1.165, 1.54) is 0 Å². The second-order valence-electron chi connectivity index (χ2n) is 14.1. The van der Waals surface area contributed by atoms with Gasteiger partial charge in [0.1, 0.15) is 11.6 Å². The van der Waals surface area contributed by atoms with Crippen molar-refractivity contribution in [3.05, 3.63) is 35.9 Å². The van der Waals surface area contributed by atoms with E-state index in [1.807, 2.05) is 58.0 Å². The van der Waals surface area contributed by atoms with Crippen LogP contribution in [0.4, 0.5) is 0 Å². The topological polar surface area (TPSA) is 108 Å². The van der Waals surface area contributed by atoms with Crippen LogP contribution in [0.25, 0.3) is 0 Å².